The number of carboxylic acids is 2. The summed E-state index contributed by atoms with van der Waals surface area (Å²) in [5.41, 5.74) is 0. The van der Waals surface area contributed by atoms with Gasteiger partial charge in [0.15, 0.2) is 0 Å². The average molecular weight is 215 g/mol. The van der Waals surface area contributed by atoms with Crippen LogP contribution >= 0.6 is 0 Å². The highest BCUT2D eigenvalue weighted by atomic mass is 16.4. The first kappa shape index (κ1) is 12.0. The Morgan fingerprint density at radius 1 is 1.20 bits per heavy atom. The van der Waals surface area contributed by atoms with Gasteiger partial charge in [0, 0.05) is 6.04 Å². The average Bonchev–Trinajstić information content (AvgIpc) is 2.48. The molecule has 5 nitrogen and oxygen atoms in total. The molecule has 0 radical (unpaired) electrons. The van der Waals surface area contributed by atoms with E-state index >= 15 is 0 Å². The molecular weight excluding hydrogens is 198 g/mol. The highest BCUT2D eigenvalue weighted by Gasteiger charge is 2.29. The zero-order valence-corrected chi connectivity index (χ0v) is 8.85. The van der Waals surface area contributed by atoms with E-state index < -0.39 is 11.9 Å². The fourth-order valence-corrected chi connectivity index (χ4v) is 2.17. The fourth-order valence-electron chi connectivity index (χ4n) is 2.17. The lowest BCUT2D eigenvalue weighted by atomic mass is 10.1. The first-order valence-electron chi connectivity index (χ1n) is 5.16. The van der Waals surface area contributed by atoms with Crippen molar-refractivity contribution >= 4 is 11.9 Å². The number of carbonyl (C=O) groups is 2. The monoisotopic (exact) mass is 215 g/mol. The molecule has 0 aromatic carbocycles. The Morgan fingerprint density at radius 2 is 1.73 bits per heavy atom. The number of nitrogens with zero attached hydrogens (tertiary/aromatic N) is 1. The minimum Gasteiger partial charge on any atom is -0.480 e. The zero-order valence-electron chi connectivity index (χ0n) is 8.85. The van der Waals surface area contributed by atoms with Gasteiger partial charge in [0.25, 0.3) is 0 Å². The molecule has 0 saturated heterocycles. The number of hydrogen-bond donors (Lipinski definition) is 2. The predicted molar refractivity (Wildman–Crippen MR) is 53.6 cm³/mol. The summed E-state index contributed by atoms with van der Waals surface area (Å²) in [6.45, 7) is 1.76. The molecule has 1 aliphatic rings. The van der Waals surface area contributed by atoms with Gasteiger partial charge in [-0.15, -0.1) is 0 Å². The Bertz CT molecular complexity index is 238. The molecule has 0 aromatic heterocycles. The van der Waals surface area contributed by atoms with Gasteiger partial charge in [-0.25, -0.2) is 0 Å². The largest absolute Gasteiger partial charge is 0.480 e. The second kappa shape index (κ2) is 5.11. The molecule has 0 aromatic rings. The molecule has 86 valence electrons. The summed E-state index contributed by atoms with van der Waals surface area (Å²) >= 11 is 0. The molecule has 2 atom stereocenters. The van der Waals surface area contributed by atoms with E-state index in [9.17, 15) is 9.59 Å². The molecule has 0 heterocycles. The van der Waals surface area contributed by atoms with E-state index in [-0.39, 0.29) is 19.1 Å². The molecule has 1 saturated carbocycles. The summed E-state index contributed by atoms with van der Waals surface area (Å²) in [4.78, 5) is 22.7. The number of hydrogen-bond acceptors (Lipinski definition) is 3. The van der Waals surface area contributed by atoms with Gasteiger partial charge < -0.3 is 10.2 Å². The zero-order chi connectivity index (χ0) is 11.4. The van der Waals surface area contributed by atoms with E-state index in [2.05, 4.69) is 6.92 Å². The standard InChI is InChI=1S/C10H17NO4/c1-7-2-3-8(4-7)11(5-9(12)13)6-10(14)15/h7-8H,2-6H2,1H3,(H,12,13)(H,14,15). The second-order valence-electron chi connectivity index (χ2n) is 4.26. The quantitative estimate of drug-likeness (QED) is 0.704. The van der Waals surface area contributed by atoms with Gasteiger partial charge in [-0.05, 0) is 25.2 Å². The van der Waals surface area contributed by atoms with Crippen LogP contribution < -0.4 is 0 Å². The maximum atomic E-state index is 10.6. The Balaban J connectivity index is 2.54. The summed E-state index contributed by atoms with van der Waals surface area (Å²) in [6.07, 6.45) is 2.86. The molecule has 2 N–H and O–H groups in total. The van der Waals surface area contributed by atoms with Crippen molar-refractivity contribution in [1.29, 1.82) is 0 Å². The van der Waals surface area contributed by atoms with Crippen LogP contribution in [0.3, 0.4) is 0 Å². The Morgan fingerprint density at radius 3 is 2.07 bits per heavy atom. The highest BCUT2D eigenvalue weighted by Crippen LogP contribution is 2.28. The maximum absolute atomic E-state index is 10.6. The van der Waals surface area contributed by atoms with E-state index in [0.29, 0.717) is 5.92 Å². The fraction of sp³-hybridized carbons (Fsp3) is 0.800. The first-order chi connectivity index (χ1) is 6.99. The topological polar surface area (TPSA) is 77.8 Å². The maximum Gasteiger partial charge on any atom is 0.317 e. The summed E-state index contributed by atoms with van der Waals surface area (Å²) in [5, 5.41) is 17.4. The summed E-state index contributed by atoms with van der Waals surface area (Å²) in [6, 6.07) is 0.118. The van der Waals surface area contributed by atoms with E-state index in [0.717, 1.165) is 19.3 Å². The van der Waals surface area contributed by atoms with Crippen LogP contribution in [0.4, 0.5) is 0 Å². The normalized spacial score (nSPS) is 25.7. The predicted octanol–water partition coefficient (Wildman–Crippen LogP) is 0.646. The highest BCUT2D eigenvalue weighted by molar-refractivity contribution is 5.72. The van der Waals surface area contributed by atoms with Crippen molar-refractivity contribution in [3.63, 3.8) is 0 Å². The van der Waals surface area contributed by atoms with Crippen LogP contribution in [-0.2, 0) is 9.59 Å². The smallest absolute Gasteiger partial charge is 0.317 e. The van der Waals surface area contributed by atoms with Crippen LogP contribution in [-0.4, -0.2) is 46.2 Å². The lowest BCUT2D eigenvalue weighted by Gasteiger charge is -2.25. The van der Waals surface area contributed by atoms with Crippen LogP contribution in [0.1, 0.15) is 26.2 Å². The molecule has 0 amide bonds. The molecule has 1 rings (SSSR count). The molecule has 1 fully saturated rings. The van der Waals surface area contributed by atoms with Gasteiger partial charge in [0.1, 0.15) is 0 Å². The van der Waals surface area contributed by atoms with Gasteiger partial charge in [0.2, 0.25) is 0 Å². The molecular formula is C10H17NO4. The molecule has 0 aliphatic heterocycles. The van der Waals surface area contributed by atoms with E-state index in [1.54, 1.807) is 4.90 Å². The molecule has 1 aliphatic carbocycles. The lowest BCUT2D eigenvalue weighted by Crippen LogP contribution is -2.41. The van der Waals surface area contributed by atoms with E-state index in [4.69, 9.17) is 10.2 Å². The minimum atomic E-state index is -0.962. The van der Waals surface area contributed by atoms with Crippen molar-refractivity contribution in [3.8, 4) is 0 Å². The Kier molecular flexibility index (Phi) is 4.08. The SMILES string of the molecule is CC1CCC(N(CC(=O)O)CC(=O)O)C1. The number of rotatable bonds is 5. The van der Waals surface area contributed by atoms with E-state index in [1.807, 2.05) is 0 Å². The lowest BCUT2D eigenvalue weighted by molar-refractivity contribution is -0.142. The van der Waals surface area contributed by atoms with Gasteiger partial charge in [0.05, 0.1) is 13.1 Å². The molecule has 5 heteroatoms. The Labute approximate surface area is 88.7 Å². The van der Waals surface area contributed by atoms with Crippen molar-refractivity contribution in [2.45, 2.75) is 32.2 Å². The first-order valence-corrected chi connectivity index (χ1v) is 5.16. The third kappa shape index (κ3) is 3.87. The second-order valence-corrected chi connectivity index (χ2v) is 4.26. The van der Waals surface area contributed by atoms with Gasteiger partial charge >= 0.3 is 11.9 Å². The third-order valence-corrected chi connectivity index (χ3v) is 2.86. The molecule has 2 unspecified atom stereocenters. The van der Waals surface area contributed by atoms with Crippen molar-refractivity contribution in [1.82, 2.24) is 4.90 Å². The van der Waals surface area contributed by atoms with Crippen molar-refractivity contribution in [3.05, 3.63) is 0 Å². The van der Waals surface area contributed by atoms with Gasteiger partial charge in [-0.3, -0.25) is 14.5 Å². The van der Waals surface area contributed by atoms with Crippen molar-refractivity contribution < 1.29 is 19.8 Å². The van der Waals surface area contributed by atoms with Gasteiger partial charge in [-0.2, -0.15) is 0 Å². The summed E-state index contributed by atoms with van der Waals surface area (Å²) < 4.78 is 0. The van der Waals surface area contributed by atoms with Crippen LogP contribution in [0.25, 0.3) is 0 Å². The van der Waals surface area contributed by atoms with Crippen molar-refractivity contribution in [2.75, 3.05) is 13.1 Å². The number of aliphatic carboxylic acids is 2. The van der Waals surface area contributed by atoms with Gasteiger partial charge in [-0.1, -0.05) is 6.92 Å². The molecule has 0 spiro atoms. The van der Waals surface area contributed by atoms with Crippen LogP contribution in [0, 0.1) is 5.92 Å². The molecule has 0 bridgehead atoms. The van der Waals surface area contributed by atoms with Crippen LogP contribution in [0.2, 0.25) is 0 Å². The minimum absolute atomic E-state index is 0.118. The van der Waals surface area contributed by atoms with E-state index in [1.165, 1.54) is 0 Å². The van der Waals surface area contributed by atoms with Crippen LogP contribution in [0.15, 0.2) is 0 Å². The third-order valence-electron chi connectivity index (χ3n) is 2.86. The summed E-state index contributed by atoms with van der Waals surface area (Å²) in [5.74, 6) is -1.35. The van der Waals surface area contributed by atoms with Crippen molar-refractivity contribution in [2.24, 2.45) is 5.92 Å². The number of carboxylic acid groups (broad SMARTS) is 2. The Hall–Kier alpha value is -1.10. The van der Waals surface area contributed by atoms with Crippen LogP contribution in [0.5, 0.6) is 0 Å². The summed E-state index contributed by atoms with van der Waals surface area (Å²) in [7, 11) is 0. The molecule has 15 heavy (non-hydrogen) atoms.